The van der Waals surface area contributed by atoms with E-state index in [0.29, 0.717) is 23.8 Å². The maximum atomic E-state index is 14.6. The predicted molar refractivity (Wildman–Crippen MR) is 114 cm³/mol. The molecule has 1 unspecified atom stereocenters. The summed E-state index contributed by atoms with van der Waals surface area (Å²) in [6.45, 7) is 0.158. The molecule has 0 bridgehead atoms. The van der Waals surface area contributed by atoms with Crippen LogP contribution >= 0.6 is 0 Å². The van der Waals surface area contributed by atoms with Crippen LogP contribution in [-0.2, 0) is 40.5 Å². The minimum Gasteiger partial charge on any atom is -0.375 e. The van der Waals surface area contributed by atoms with Crippen LogP contribution in [0.5, 0.6) is 0 Å². The summed E-state index contributed by atoms with van der Waals surface area (Å²) in [5.41, 5.74) is 1.00. The minimum atomic E-state index is -4.81. The predicted octanol–water partition coefficient (Wildman–Crippen LogP) is 5.18. The van der Waals surface area contributed by atoms with Crippen LogP contribution < -0.4 is 0 Å². The molecule has 0 radical (unpaired) electrons. The fourth-order valence-electron chi connectivity index (χ4n) is 3.87. The summed E-state index contributed by atoms with van der Waals surface area (Å²) in [5.74, 6) is -1.24. The van der Waals surface area contributed by atoms with Gasteiger partial charge in [-0.3, -0.25) is 0 Å². The third kappa shape index (κ3) is 5.10. The monoisotopic (exact) mass is 479 g/mol. The van der Waals surface area contributed by atoms with E-state index in [0.717, 1.165) is 15.4 Å². The van der Waals surface area contributed by atoms with Crippen molar-refractivity contribution in [3.8, 4) is 0 Å². The van der Waals surface area contributed by atoms with Crippen LogP contribution in [0.2, 0.25) is 0 Å². The van der Waals surface area contributed by atoms with E-state index in [2.05, 4.69) is 0 Å². The number of benzene rings is 3. The lowest BCUT2D eigenvalue weighted by atomic mass is 10.0. The second kappa shape index (κ2) is 9.24. The fourth-order valence-corrected chi connectivity index (χ4v) is 5.55. The van der Waals surface area contributed by atoms with Crippen LogP contribution in [0.3, 0.4) is 0 Å². The van der Waals surface area contributed by atoms with E-state index in [9.17, 15) is 26.0 Å². The molecule has 0 fully saturated rings. The number of rotatable bonds is 4. The molecule has 9 heteroatoms. The zero-order valence-electron chi connectivity index (χ0n) is 17.4. The largest absolute Gasteiger partial charge is 0.416 e. The van der Waals surface area contributed by atoms with Crippen LogP contribution in [0.4, 0.5) is 17.6 Å². The molecule has 1 atom stereocenters. The Labute approximate surface area is 189 Å². The molecule has 0 saturated carbocycles. The molecule has 33 heavy (non-hydrogen) atoms. The Morgan fingerprint density at radius 1 is 0.939 bits per heavy atom. The Hall–Kier alpha value is -2.75. The Kier molecular flexibility index (Phi) is 6.56. The van der Waals surface area contributed by atoms with Crippen molar-refractivity contribution in [2.75, 3.05) is 6.61 Å². The Morgan fingerprint density at radius 3 is 2.30 bits per heavy atom. The van der Waals surface area contributed by atoms with Gasteiger partial charge in [0.15, 0.2) is 0 Å². The quantitative estimate of drug-likeness (QED) is 0.485. The molecule has 0 N–H and O–H groups in total. The van der Waals surface area contributed by atoms with Gasteiger partial charge in [0, 0.05) is 6.54 Å². The van der Waals surface area contributed by atoms with E-state index in [1.807, 2.05) is 18.2 Å². The first-order valence-corrected chi connectivity index (χ1v) is 11.7. The van der Waals surface area contributed by atoms with Crippen LogP contribution in [0.1, 0.15) is 22.3 Å². The van der Waals surface area contributed by atoms with Gasteiger partial charge in [-0.2, -0.15) is 17.5 Å². The lowest BCUT2D eigenvalue weighted by molar-refractivity contribution is -0.137. The zero-order chi connectivity index (χ0) is 23.6. The molecule has 3 aromatic rings. The van der Waals surface area contributed by atoms with E-state index < -0.39 is 38.5 Å². The molecule has 0 saturated heterocycles. The van der Waals surface area contributed by atoms with Gasteiger partial charge in [-0.1, -0.05) is 54.6 Å². The Balaban J connectivity index is 1.81. The highest BCUT2D eigenvalue weighted by atomic mass is 32.2. The van der Waals surface area contributed by atoms with Gasteiger partial charge >= 0.3 is 6.18 Å². The standard InChI is InChI=1S/C24H21F4NO3S/c25-22-11-10-20(24(26,27)28)13-23(22)33(30,31)29-14-18-8-4-5-9-19(18)15-32-16-21(29)12-17-6-2-1-3-7-17/h1-11,13,21H,12,14-16H2. The van der Waals surface area contributed by atoms with Crippen molar-refractivity contribution >= 4 is 10.0 Å². The van der Waals surface area contributed by atoms with Crippen molar-refractivity contribution in [3.05, 3.63) is 101 Å². The van der Waals surface area contributed by atoms with Crippen molar-refractivity contribution in [3.63, 3.8) is 0 Å². The molecule has 0 amide bonds. The minimum absolute atomic E-state index is 0.00302. The van der Waals surface area contributed by atoms with Crippen molar-refractivity contribution in [1.29, 1.82) is 0 Å². The number of hydrogen-bond acceptors (Lipinski definition) is 3. The van der Waals surface area contributed by atoms with E-state index in [1.165, 1.54) is 0 Å². The summed E-state index contributed by atoms with van der Waals surface area (Å²) < 4.78 is 88.5. The lowest BCUT2D eigenvalue weighted by Gasteiger charge is -2.33. The highest BCUT2D eigenvalue weighted by molar-refractivity contribution is 7.89. The maximum absolute atomic E-state index is 14.6. The number of sulfonamides is 1. The molecule has 4 nitrogen and oxygen atoms in total. The van der Waals surface area contributed by atoms with E-state index >= 15 is 0 Å². The SMILES string of the molecule is O=S(=O)(c1cc(C(F)(F)F)ccc1F)N1Cc2ccccc2COCC1Cc1ccccc1. The number of hydrogen-bond donors (Lipinski definition) is 0. The van der Waals surface area contributed by atoms with Crippen molar-refractivity contribution in [2.45, 2.75) is 36.7 Å². The first kappa shape index (κ1) is 23.4. The van der Waals surface area contributed by atoms with Crippen LogP contribution in [0, 0.1) is 5.82 Å². The molecule has 1 aliphatic heterocycles. The highest BCUT2D eigenvalue weighted by Gasteiger charge is 2.38. The van der Waals surface area contributed by atoms with Gasteiger partial charge in [0.05, 0.1) is 24.8 Å². The summed E-state index contributed by atoms with van der Waals surface area (Å²) in [6.07, 6.45) is -4.56. The van der Waals surface area contributed by atoms with Crippen molar-refractivity contribution < 1.29 is 30.7 Å². The first-order valence-electron chi connectivity index (χ1n) is 10.2. The van der Waals surface area contributed by atoms with Gasteiger partial charge in [0.1, 0.15) is 10.7 Å². The highest BCUT2D eigenvalue weighted by Crippen LogP contribution is 2.34. The zero-order valence-corrected chi connectivity index (χ0v) is 18.2. The summed E-state index contributed by atoms with van der Waals surface area (Å²) >= 11 is 0. The molecule has 1 heterocycles. The van der Waals surface area contributed by atoms with Crippen LogP contribution in [-0.4, -0.2) is 25.4 Å². The molecular formula is C24H21F4NO3S. The summed E-state index contributed by atoms with van der Waals surface area (Å²) in [4.78, 5) is -1.01. The topological polar surface area (TPSA) is 46.6 Å². The summed E-state index contributed by atoms with van der Waals surface area (Å²) in [7, 11) is -4.65. The van der Waals surface area contributed by atoms with Gasteiger partial charge in [-0.25, -0.2) is 12.8 Å². The van der Waals surface area contributed by atoms with Gasteiger partial charge in [0.2, 0.25) is 10.0 Å². The average Bonchev–Trinajstić information content (AvgIpc) is 2.76. The number of halogens is 4. The van der Waals surface area contributed by atoms with Crippen molar-refractivity contribution in [2.24, 2.45) is 0 Å². The van der Waals surface area contributed by atoms with Crippen LogP contribution in [0.15, 0.2) is 77.7 Å². The van der Waals surface area contributed by atoms with E-state index in [4.69, 9.17) is 4.74 Å². The van der Waals surface area contributed by atoms with E-state index in [1.54, 1.807) is 36.4 Å². The van der Waals surface area contributed by atoms with Gasteiger partial charge in [-0.05, 0) is 41.3 Å². The summed E-state index contributed by atoms with van der Waals surface area (Å²) in [5, 5.41) is 0. The Morgan fingerprint density at radius 2 is 1.61 bits per heavy atom. The normalized spacial score (nSPS) is 17.8. The molecule has 0 spiro atoms. The molecule has 0 aliphatic carbocycles. The molecule has 1 aliphatic rings. The lowest BCUT2D eigenvalue weighted by Crippen LogP contribution is -2.45. The fraction of sp³-hybridized carbons (Fsp3) is 0.250. The third-order valence-electron chi connectivity index (χ3n) is 5.58. The van der Waals surface area contributed by atoms with Gasteiger partial charge < -0.3 is 4.74 Å². The Bertz CT molecular complexity index is 1230. The second-order valence-corrected chi connectivity index (χ2v) is 9.68. The second-order valence-electron chi connectivity index (χ2n) is 7.82. The van der Waals surface area contributed by atoms with Gasteiger partial charge in [-0.15, -0.1) is 0 Å². The van der Waals surface area contributed by atoms with Crippen LogP contribution in [0.25, 0.3) is 0 Å². The van der Waals surface area contributed by atoms with Crippen molar-refractivity contribution in [1.82, 2.24) is 4.31 Å². The van der Waals surface area contributed by atoms with Gasteiger partial charge in [0.25, 0.3) is 0 Å². The number of nitrogens with zero attached hydrogens (tertiary/aromatic N) is 1. The smallest absolute Gasteiger partial charge is 0.375 e. The van der Waals surface area contributed by atoms with E-state index in [-0.39, 0.29) is 26.2 Å². The third-order valence-corrected chi connectivity index (χ3v) is 7.49. The first-order chi connectivity index (χ1) is 15.7. The average molecular weight is 479 g/mol. The molecule has 3 aromatic carbocycles. The molecular weight excluding hydrogens is 458 g/mol. The molecule has 4 rings (SSSR count). The summed E-state index contributed by atoms with van der Waals surface area (Å²) in [6, 6.07) is 16.8. The number of fused-ring (bicyclic) bond motifs is 1. The molecule has 0 aromatic heterocycles. The number of ether oxygens (including phenoxy) is 1. The molecule has 174 valence electrons. The maximum Gasteiger partial charge on any atom is 0.416 e. The number of alkyl halides is 3.